The minimum atomic E-state index is -0.306. The fourth-order valence-electron chi connectivity index (χ4n) is 4.18. The molecule has 2 aliphatic rings. The Morgan fingerprint density at radius 1 is 1.17 bits per heavy atom. The molecule has 5 rings (SSSR count). The van der Waals surface area contributed by atoms with Gasteiger partial charge in [-0.2, -0.15) is 5.10 Å². The minimum Gasteiger partial charge on any atom is -0.335 e. The summed E-state index contributed by atoms with van der Waals surface area (Å²) in [4.78, 5) is 40.4. The summed E-state index contributed by atoms with van der Waals surface area (Å²) < 4.78 is 0. The van der Waals surface area contributed by atoms with Crippen LogP contribution in [0.15, 0.2) is 49.2 Å². The Bertz CT molecular complexity index is 1220. The third-order valence-electron chi connectivity index (χ3n) is 5.75. The van der Waals surface area contributed by atoms with Crippen LogP contribution in [0.4, 0.5) is 0 Å². The van der Waals surface area contributed by atoms with Crippen molar-refractivity contribution in [2.24, 2.45) is 0 Å². The molecule has 2 aromatic carbocycles. The molecule has 7 nitrogen and oxygen atoms in total. The summed E-state index contributed by atoms with van der Waals surface area (Å²) in [5.74, 6) is -0.797. The number of nitrogens with one attached hydrogen (secondary N) is 1. The Kier molecular flexibility index (Phi) is 3.67. The number of hydrogen-bond acceptors (Lipinski definition) is 4. The Morgan fingerprint density at radius 3 is 2.69 bits per heavy atom. The van der Waals surface area contributed by atoms with Crippen LogP contribution in [-0.4, -0.2) is 56.9 Å². The highest BCUT2D eigenvalue weighted by Crippen LogP contribution is 2.35. The van der Waals surface area contributed by atoms with Crippen LogP contribution in [0.5, 0.6) is 0 Å². The van der Waals surface area contributed by atoms with Gasteiger partial charge in [0.1, 0.15) is 0 Å². The number of carbonyl (C=O) groups excluding carboxylic acids is 3. The predicted molar refractivity (Wildman–Crippen MR) is 107 cm³/mol. The number of amides is 3. The molecule has 0 radical (unpaired) electrons. The van der Waals surface area contributed by atoms with Crippen molar-refractivity contribution < 1.29 is 14.4 Å². The van der Waals surface area contributed by atoms with Gasteiger partial charge in [-0.1, -0.05) is 18.7 Å². The first-order chi connectivity index (χ1) is 14.0. The number of rotatable bonds is 3. The average Bonchev–Trinajstić information content (AvgIpc) is 3.25. The lowest BCUT2D eigenvalue weighted by atomic mass is 9.94. The molecule has 0 unspecified atom stereocenters. The van der Waals surface area contributed by atoms with E-state index in [1.165, 1.54) is 11.0 Å². The van der Waals surface area contributed by atoms with E-state index in [1.54, 1.807) is 23.2 Å². The van der Waals surface area contributed by atoms with Gasteiger partial charge >= 0.3 is 0 Å². The second-order valence-corrected chi connectivity index (χ2v) is 7.43. The Morgan fingerprint density at radius 2 is 1.93 bits per heavy atom. The molecule has 1 saturated heterocycles. The lowest BCUT2D eigenvalue weighted by molar-refractivity contribution is -0.132. The maximum atomic E-state index is 13.0. The predicted octanol–water partition coefficient (Wildman–Crippen LogP) is 2.53. The summed E-state index contributed by atoms with van der Waals surface area (Å²) in [7, 11) is 0. The number of aromatic nitrogens is 2. The number of carbonyl (C=O) groups is 3. The van der Waals surface area contributed by atoms with Gasteiger partial charge in [-0.25, -0.2) is 0 Å². The van der Waals surface area contributed by atoms with Gasteiger partial charge in [-0.3, -0.25) is 24.4 Å². The number of aromatic amines is 1. The number of nitrogens with zero attached hydrogens (tertiary/aromatic N) is 3. The van der Waals surface area contributed by atoms with Crippen molar-refractivity contribution in [2.75, 3.05) is 13.1 Å². The molecule has 3 aromatic rings. The lowest BCUT2D eigenvalue weighted by Gasteiger charge is -2.42. The van der Waals surface area contributed by atoms with Gasteiger partial charge in [-0.05, 0) is 47.9 Å². The lowest BCUT2D eigenvalue weighted by Crippen LogP contribution is -2.62. The fourth-order valence-corrected chi connectivity index (χ4v) is 4.18. The molecule has 0 spiro atoms. The van der Waals surface area contributed by atoms with Gasteiger partial charge in [0.15, 0.2) is 0 Å². The van der Waals surface area contributed by atoms with Crippen molar-refractivity contribution in [1.82, 2.24) is 20.0 Å². The maximum absolute atomic E-state index is 13.0. The molecule has 0 bridgehead atoms. The van der Waals surface area contributed by atoms with Crippen LogP contribution in [0.1, 0.15) is 26.3 Å². The van der Waals surface area contributed by atoms with E-state index in [2.05, 4.69) is 16.8 Å². The standard InChI is InChI=1S/C22H18N4O3/c1-3-19(27)25-10-14(11-25)26-21(28)15-6-5-13(8-16(15)22(26)29)20-12(2)4-7-18-17(20)9-23-24-18/h3-9,14H,1,10-11H2,2H3,(H,23,24). The van der Waals surface area contributed by atoms with Gasteiger partial charge in [0.05, 0.1) is 28.9 Å². The van der Waals surface area contributed by atoms with Gasteiger partial charge in [-0.15, -0.1) is 0 Å². The van der Waals surface area contributed by atoms with Crippen molar-refractivity contribution in [2.45, 2.75) is 13.0 Å². The Labute approximate surface area is 166 Å². The molecule has 0 saturated carbocycles. The zero-order valence-corrected chi connectivity index (χ0v) is 15.8. The molecule has 1 fully saturated rings. The van der Waals surface area contributed by atoms with Gasteiger partial charge < -0.3 is 4.90 Å². The van der Waals surface area contributed by atoms with E-state index in [1.807, 2.05) is 25.1 Å². The second-order valence-electron chi connectivity index (χ2n) is 7.43. The van der Waals surface area contributed by atoms with Crippen LogP contribution in [0.3, 0.4) is 0 Å². The topological polar surface area (TPSA) is 86.4 Å². The van der Waals surface area contributed by atoms with Crippen molar-refractivity contribution >= 4 is 28.6 Å². The molecular formula is C22H18N4O3. The summed E-state index contributed by atoms with van der Waals surface area (Å²) in [5.41, 5.74) is 4.64. The van der Waals surface area contributed by atoms with Crippen LogP contribution >= 0.6 is 0 Å². The highest BCUT2D eigenvalue weighted by atomic mass is 16.2. The monoisotopic (exact) mass is 386 g/mol. The van der Waals surface area contributed by atoms with Crippen molar-refractivity contribution in [3.63, 3.8) is 0 Å². The van der Waals surface area contributed by atoms with Gasteiger partial charge in [0.2, 0.25) is 5.91 Å². The number of hydrogen-bond donors (Lipinski definition) is 1. The number of benzene rings is 2. The number of aryl methyl sites for hydroxylation is 1. The van der Waals surface area contributed by atoms with Gasteiger partial charge in [0.25, 0.3) is 11.8 Å². The summed E-state index contributed by atoms with van der Waals surface area (Å²) in [6.45, 7) is 6.16. The average molecular weight is 386 g/mol. The zero-order valence-electron chi connectivity index (χ0n) is 15.8. The normalized spacial score (nSPS) is 16.3. The van der Waals surface area contributed by atoms with E-state index in [4.69, 9.17) is 0 Å². The summed E-state index contributed by atoms with van der Waals surface area (Å²) in [5, 5.41) is 8.05. The molecule has 1 aromatic heterocycles. The highest BCUT2D eigenvalue weighted by molar-refractivity contribution is 6.22. The third-order valence-corrected chi connectivity index (χ3v) is 5.75. The molecule has 144 valence electrons. The Hall–Kier alpha value is -3.74. The second kappa shape index (κ2) is 6.13. The maximum Gasteiger partial charge on any atom is 0.261 e. The molecule has 1 N–H and O–H groups in total. The largest absolute Gasteiger partial charge is 0.335 e. The van der Waals surface area contributed by atoms with E-state index >= 15 is 0 Å². The van der Waals surface area contributed by atoms with Crippen molar-refractivity contribution in [3.05, 3.63) is 65.9 Å². The SMILES string of the molecule is C=CC(=O)N1CC(N2C(=O)c3ccc(-c4c(C)ccc5[nH]ncc45)cc3C2=O)C1. The highest BCUT2D eigenvalue weighted by Gasteiger charge is 2.45. The molecule has 2 aliphatic heterocycles. The van der Waals surface area contributed by atoms with Crippen LogP contribution in [0.25, 0.3) is 22.0 Å². The third kappa shape index (κ3) is 2.44. The summed E-state index contributed by atoms with van der Waals surface area (Å²) in [6, 6.07) is 9.05. The number of imide groups is 1. The molecular weight excluding hydrogens is 368 g/mol. The van der Waals surface area contributed by atoms with Crippen LogP contribution in [0.2, 0.25) is 0 Å². The molecule has 0 aliphatic carbocycles. The van der Waals surface area contributed by atoms with Gasteiger partial charge in [0, 0.05) is 18.5 Å². The van der Waals surface area contributed by atoms with Crippen LogP contribution < -0.4 is 0 Å². The summed E-state index contributed by atoms with van der Waals surface area (Å²) >= 11 is 0. The fraction of sp³-hybridized carbons (Fsp3) is 0.182. The van der Waals surface area contributed by atoms with Crippen molar-refractivity contribution in [1.29, 1.82) is 0 Å². The van der Waals surface area contributed by atoms with E-state index in [-0.39, 0.29) is 23.8 Å². The quantitative estimate of drug-likeness (QED) is 0.554. The molecule has 7 heteroatoms. The van der Waals surface area contributed by atoms with E-state index in [0.29, 0.717) is 24.2 Å². The number of likely N-dealkylation sites (tertiary alicyclic amines) is 1. The first-order valence-corrected chi connectivity index (χ1v) is 9.36. The van der Waals surface area contributed by atoms with E-state index in [9.17, 15) is 14.4 Å². The molecule has 3 heterocycles. The summed E-state index contributed by atoms with van der Waals surface area (Å²) in [6.07, 6.45) is 3.01. The molecule has 29 heavy (non-hydrogen) atoms. The molecule has 0 atom stereocenters. The zero-order chi connectivity index (χ0) is 20.3. The minimum absolute atomic E-state index is 0.191. The smallest absolute Gasteiger partial charge is 0.261 e. The first kappa shape index (κ1) is 17.4. The molecule has 3 amide bonds. The van der Waals surface area contributed by atoms with Crippen LogP contribution in [0, 0.1) is 6.92 Å². The van der Waals surface area contributed by atoms with Crippen LogP contribution in [-0.2, 0) is 4.79 Å². The number of fused-ring (bicyclic) bond motifs is 2. The van der Waals surface area contributed by atoms with E-state index < -0.39 is 0 Å². The number of H-pyrrole nitrogens is 1. The van der Waals surface area contributed by atoms with Crippen molar-refractivity contribution in [3.8, 4) is 11.1 Å². The van der Waals surface area contributed by atoms with E-state index in [0.717, 1.165) is 27.6 Å². The Balaban J connectivity index is 1.51. The first-order valence-electron chi connectivity index (χ1n) is 9.36.